The summed E-state index contributed by atoms with van der Waals surface area (Å²) in [7, 11) is 0. The third kappa shape index (κ3) is 4.88. The highest BCUT2D eigenvalue weighted by Gasteiger charge is 2.24. The maximum absolute atomic E-state index is 11.1. The van der Waals surface area contributed by atoms with E-state index in [1.165, 1.54) is 5.56 Å². The fourth-order valence-electron chi connectivity index (χ4n) is 4.31. The molecule has 3 aromatic carbocycles. The molecule has 1 N–H and O–H groups in total. The smallest absolute Gasteiger partial charge is 0.306 e. The van der Waals surface area contributed by atoms with Crippen molar-refractivity contribution in [3.05, 3.63) is 83.4 Å². The molecule has 0 atom stereocenters. The molecule has 34 heavy (non-hydrogen) atoms. The Kier molecular flexibility index (Phi) is 6.43. The highest BCUT2D eigenvalue weighted by atomic mass is 35.5. The lowest BCUT2D eigenvalue weighted by atomic mass is 9.97. The van der Waals surface area contributed by atoms with Crippen LogP contribution >= 0.6 is 11.6 Å². The molecule has 0 spiro atoms. The maximum atomic E-state index is 11.1. The van der Waals surface area contributed by atoms with Gasteiger partial charge in [-0.05, 0) is 49.2 Å². The number of carboxylic acids is 1. The van der Waals surface area contributed by atoms with Crippen LogP contribution in [-0.4, -0.2) is 39.2 Å². The molecular formula is C27H24ClN3O3. The highest BCUT2D eigenvalue weighted by Crippen LogP contribution is 2.32. The van der Waals surface area contributed by atoms with E-state index in [1.54, 1.807) is 0 Å². The Hall–Kier alpha value is -3.48. The summed E-state index contributed by atoms with van der Waals surface area (Å²) < 4.78 is 5.51. The Balaban J connectivity index is 1.26. The van der Waals surface area contributed by atoms with Gasteiger partial charge in [0.25, 0.3) is 5.89 Å². The number of carboxylic acid groups (broad SMARTS) is 1. The van der Waals surface area contributed by atoms with E-state index >= 15 is 0 Å². The number of benzene rings is 3. The van der Waals surface area contributed by atoms with E-state index in [1.807, 2.05) is 60.7 Å². The molecule has 2 heterocycles. The number of aromatic nitrogens is 2. The monoisotopic (exact) mass is 473 g/mol. The van der Waals surface area contributed by atoms with Crippen LogP contribution in [0.2, 0.25) is 5.02 Å². The molecule has 172 valence electrons. The van der Waals surface area contributed by atoms with Crippen LogP contribution in [0.4, 0.5) is 0 Å². The zero-order valence-corrected chi connectivity index (χ0v) is 19.3. The summed E-state index contributed by atoms with van der Waals surface area (Å²) in [6.45, 7) is 2.41. The van der Waals surface area contributed by atoms with Crippen molar-refractivity contribution >= 4 is 17.6 Å². The van der Waals surface area contributed by atoms with Crippen LogP contribution in [0.3, 0.4) is 0 Å². The lowest BCUT2D eigenvalue weighted by molar-refractivity contribution is -0.143. The van der Waals surface area contributed by atoms with Crippen LogP contribution in [0.1, 0.15) is 18.4 Å². The molecule has 0 saturated carbocycles. The second-order valence-electron chi connectivity index (χ2n) is 8.57. The molecule has 4 aromatic rings. The molecule has 5 rings (SSSR count). The quantitative estimate of drug-likeness (QED) is 0.369. The SMILES string of the molecule is O=C(O)C1CCN(Cc2ccc(-c3noc(-c4ccc(-c5ccccc5)c(Cl)c4)n3)cc2)CC1. The lowest BCUT2D eigenvalue weighted by Crippen LogP contribution is -2.35. The summed E-state index contributed by atoms with van der Waals surface area (Å²) in [6.07, 6.45) is 1.41. The van der Waals surface area contributed by atoms with Crippen LogP contribution in [-0.2, 0) is 11.3 Å². The van der Waals surface area contributed by atoms with Gasteiger partial charge in [-0.2, -0.15) is 4.98 Å². The minimum absolute atomic E-state index is 0.213. The van der Waals surface area contributed by atoms with Crippen molar-refractivity contribution in [3.63, 3.8) is 0 Å². The van der Waals surface area contributed by atoms with Gasteiger partial charge in [-0.15, -0.1) is 0 Å². The molecule has 1 saturated heterocycles. The van der Waals surface area contributed by atoms with Gasteiger partial charge < -0.3 is 9.63 Å². The number of likely N-dealkylation sites (tertiary alicyclic amines) is 1. The van der Waals surface area contributed by atoms with Crippen LogP contribution in [0.5, 0.6) is 0 Å². The molecule has 1 fully saturated rings. The average molecular weight is 474 g/mol. The first kappa shape index (κ1) is 22.3. The summed E-state index contributed by atoms with van der Waals surface area (Å²) in [6, 6.07) is 23.8. The number of hydrogen-bond donors (Lipinski definition) is 1. The molecule has 0 unspecified atom stereocenters. The normalized spacial score (nSPS) is 14.9. The number of piperidine rings is 1. The van der Waals surface area contributed by atoms with Crippen LogP contribution in [0.15, 0.2) is 77.3 Å². The minimum Gasteiger partial charge on any atom is -0.481 e. The Morgan fingerprint density at radius 1 is 0.971 bits per heavy atom. The second kappa shape index (κ2) is 9.79. The largest absolute Gasteiger partial charge is 0.481 e. The zero-order valence-electron chi connectivity index (χ0n) is 18.5. The third-order valence-corrected chi connectivity index (χ3v) is 6.59. The van der Waals surface area contributed by atoms with Gasteiger partial charge in [0, 0.05) is 28.3 Å². The molecule has 0 bridgehead atoms. The predicted octanol–water partition coefficient (Wildman–Crippen LogP) is 6.02. The molecule has 6 nitrogen and oxygen atoms in total. The summed E-state index contributed by atoms with van der Waals surface area (Å²) in [5, 5.41) is 13.9. The van der Waals surface area contributed by atoms with Crippen molar-refractivity contribution in [1.82, 2.24) is 15.0 Å². The summed E-state index contributed by atoms with van der Waals surface area (Å²) in [4.78, 5) is 18.0. The van der Waals surface area contributed by atoms with E-state index in [-0.39, 0.29) is 5.92 Å². The van der Waals surface area contributed by atoms with E-state index in [9.17, 15) is 4.79 Å². The Morgan fingerprint density at radius 2 is 1.68 bits per heavy atom. The number of halogens is 1. The van der Waals surface area contributed by atoms with Crippen LogP contribution in [0, 0.1) is 5.92 Å². The number of nitrogens with zero attached hydrogens (tertiary/aromatic N) is 3. The topological polar surface area (TPSA) is 79.5 Å². The molecule has 1 aliphatic heterocycles. The number of rotatable bonds is 6. The van der Waals surface area contributed by atoms with Gasteiger partial charge in [0.15, 0.2) is 0 Å². The molecular weight excluding hydrogens is 450 g/mol. The van der Waals surface area contributed by atoms with Gasteiger partial charge >= 0.3 is 5.97 Å². The first-order valence-corrected chi connectivity index (χ1v) is 11.7. The summed E-state index contributed by atoms with van der Waals surface area (Å²) in [5.74, 6) is 0.0438. The predicted molar refractivity (Wildman–Crippen MR) is 131 cm³/mol. The van der Waals surface area contributed by atoms with Crippen molar-refractivity contribution in [2.24, 2.45) is 5.92 Å². The van der Waals surface area contributed by atoms with Gasteiger partial charge in [0.2, 0.25) is 5.82 Å². The number of carbonyl (C=O) groups is 1. The van der Waals surface area contributed by atoms with E-state index in [2.05, 4.69) is 27.2 Å². The molecule has 7 heteroatoms. The summed E-state index contributed by atoms with van der Waals surface area (Å²) >= 11 is 6.54. The molecule has 1 aromatic heterocycles. The Labute approximate surface area is 202 Å². The minimum atomic E-state index is -0.683. The molecule has 0 aliphatic carbocycles. The van der Waals surface area contributed by atoms with Gasteiger partial charge in [-0.3, -0.25) is 9.69 Å². The highest BCUT2D eigenvalue weighted by molar-refractivity contribution is 6.33. The number of hydrogen-bond acceptors (Lipinski definition) is 5. The van der Waals surface area contributed by atoms with Crippen LogP contribution < -0.4 is 0 Å². The van der Waals surface area contributed by atoms with Gasteiger partial charge in [0.05, 0.1) is 5.92 Å². The van der Waals surface area contributed by atoms with Gasteiger partial charge in [0.1, 0.15) is 0 Å². The summed E-state index contributed by atoms with van der Waals surface area (Å²) in [5.41, 5.74) is 4.81. The first-order chi connectivity index (χ1) is 16.6. The van der Waals surface area contributed by atoms with Crippen molar-refractivity contribution < 1.29 is 14.4 Å². The van der Waals surface area contributed by atoms with Crippen molar-refractivity contribution in [2.75, 3.05) is 13.1 Å². The van der Waals surface area contributed by atoms with Crippen LogP contribution in [0.25, 0.3) is 34.0 Å². The average Bonchev–Trinajstić information content (AvgIpc) is 3.36. The van der Waals surface area contributed by atoms with Gasteiger partial charge in [-0.25, -0.2) is 0 Å². The van der Waals surface area contributed by atoms with Gasteiger partial charge in [-0.1, -0.05) is 77.4 Å². The van der Waals surface area contributed by atoms with Crippen molar-refractivity contribution in [3.8, 4) is 34.0 Å². The lowest BCUT2D eigenvalue weighted by Gasteiger charge is -2.30. The Bertz CT molecular complexity index is 1280. The fraction of sp³-hybridized carbons (Fsp3) is 0.222. The zero-order chi connectivity index (χ0) is 23.5. The van der Waals surface area contributed by atoms with Crippen molar-refractivity contribution in [1.29, 1.82) is 0 Å². The molecule has 0 radical (unpaired) electrons. The van der Waals surface area contributed by atoms with E-state index in [0.29, 0.717) is 29.6 Å². The molecule has 0 amide bonds. The second-order valence-corrected chi connectivity index (χ2v) is 8.98. The van der Waals surface area contributed by atoms with E-state index < -0.39 is 5.97 Å². The van der Waals surface area contributed by atoms with Crippen molar-refractivity contribution in [2.45, 2.75) is 19.4 Å². The number of aliphatic carboxylic acids is 1. The van der Waals surface area contributed by atoms with E-state index in [0.717, 1.165) is 41.9 Å². The fourth-order valence-corrected chi connectivity index (χ4v) is 4.60. The molecule has 1 aliphatic rings. The first-order valence-electron chi connectivity index (χ1n) is 11.3. The Morgan fingerprint density at radius 3 is 2.35 bits per heavy atom. The standard InChI is InChI=1S/C27H24ClN3O3/c28-24-16-22(10-11-23(24)19-4-2-1-3-5-19)26-29-25(30-34-26)20-8-6-18(7-9-20)17-31-14-12-21(13-15-31)27(32)33/h1-11,16,21H,12-15,17H2,(H,32,33). The maximum Gasteiger partial charge on any atom is 0.306 e. The van der Waals surface area contributed by atoms with E-state index in [4.69, 9.17) is 21.2 Å². The third-order valence-electron chi connectivity index (χ3n) is 6.28.